The largest absolute Gasteiger partial charge is 0.497 e. The van der Waals surface area contributed by atoms with E-state index in [-0.39, 0.29) is 5.91 Å². The normalized spacial score (nSPS) is 15.2. The second-order valence-electron chi connectivity index (χ2n) is 7.60. The number of aryl methyl sites for hydroxylation is 1. The molecule has 1 aliphatic rings. The molecule has 1 amide bonds. The molecule has 1 aliphatic heterocycles. The number of hydrogen-bond donors (Lipinski definition) is 1. The first-order valence-electron chi connectivity index (χ1n) is 10.6. The standard InChI is InChI=1S/C24H33N3O2/c1-3-26-14-16-27(17-15-26)19-22-7-5-4-6-21(22)18-25-24(28)13-10-20-8-11-23(29-2)12-9-20/h4-9,11-12H,3,10,13-19H2,1-2H3,(H,25,28). The zero-order chi connectivity index (χ0) is 20.5. The van der Waals surface area contributed by atoms with Gasteiger partial charge in [0, 0.05) is 45.7 Å². The van der Waals surface area contributed by atoms with E-state index in [0.717, 1.165) is 57.0 Å². The van der Waals surface area contributed by atoms with Crippen LogP contribution in [0, 0.1) is 0 Å². The number of nitrogens with zero attached hydrogens (tertiary/aromatic N) is 2. The minimum atomic E-state index is 0.0900. The first-order valence-corrected chi connectivity index (χ1v) is 10.6. The van der Waals surface area contributed by atoms with Gasteiger partial charge in [-0.1, -0.05) is 43.3 Å². The summed E-state index contributed by atoms with van der Waals surface area (Å²) in [4.78, 5) is 17.3. The van der Waals surface area contributed by atoms with Gasteiger partial charge < -0.3 is 15.0 Å². The molecule has 0 radical (unpaired) electrons. The van der Waals surface area contributed by atoms with Crippen LogP contribution in [0.5, 0.6) is 5.75 Å². The molecule has 0 unspecified atom stereocenters. The third kappa shape index (κ3) is 6.58. The number of hydrogen-bond acceptors (Lipinski definition) is 4. The average Bonchev–Trinajstić information content (AvgIpc) is 2.78. The number of amides is 1. The predicted molar refractivity (Wildman–Crippen MR) is 117 cm³/mol. The minimum Gasteiger partial charge on any atom is -0.497 e. The van der Waals surface area contributed by atoms with Gasteiger partial charge in [-0.3, -0.25) is 9.69 Å². The molecule has 1 N–H and O–H groups in total. The van der Waals surface area contributed by atoms with Crippen LogP contribution in [-0.4, -0.2) is 55.5 Å². The molecule has 1 saturated heterocycles. The monoisotopic (exact) mass is 395 g/mol. The van der Waals surface area contributed by atoms with Gasteiger partial charge in [0.15, 0.2) is 0 Å². The Balaban J connectivity index is 1.46. The molecule has 5 nitrogen and oxygen atoms in total. The van der Waals surface area contributed by atoms with Crippen LogP contribution in [0.25, 0.3) is 0 Å². The predicted octanol–water partition coefficient (Wildman–Crippen LogP) is 3.08. The van der Waals surface area contributed by atoms with Crippen molar-refractivity contribution in [3.05, 3.63) is 65.2 Å². The maximum absolute atomic E-state index is 12.3. The highest BCUT2D eigenvalue weighted by atomic mass is 16.5. The minimum absolute atomic E-state index is 0.0900. The van der Waals surface area contributed by atoms with Crippen LogP contribution in [0.15, 0.2) is 48.5 Å². The summed E-state index contributed by atoms with van der Waals surface area (Å²) in [6.45, 7) is 9.39. The van der Waals surface area contributed by atoms with Crippen LogP contribution < -0.4 is 10.1 Å². The van der Waals surface area contributed by atoms with Crippen LogP contribution in [-0.2, 0) is 24.3 Å². The van der Waals surface area contributed by atoms with Crippen molar-refractivity contribution in [3.8, 4) is 5.75 Å². The second-order valence-corrected chi connectivity index (χ2v) is 7.60. The van der Waals surface area contributed by atoms with Crippen LogP contribution in [0.1, 0.15) is 30.0 Å². The summed E-state index contributed by atoms with van der Waals surface area (Å²) >= 11 is 0. The lowest BCUT2D eigenvalue weighted by molar-refractivity contribution is -0.121. The van der Waals surface area contributed by atoms with Crippen molar-refractivity contribution in [2.45, 2.75) is 32.9 Å². The van der Waals surface area contributed by atoms with Crippen molar-refractivity contribution >= 4 is 5.91 Å². The van der Waals surface area contributed by atoms with Gasteiger partial charge in [0.2, 0.25) is 5.91 Å². The lowest BCUT2D eigenvalue weighted by Gasteiger charge is -2.34. The van der Waals surface area contributed by atoms with E-state index in [2.05, 4.69) is 46.3 Å². The third-order valence-corrected chi connectivity index (χ3v) is 5.70. The summed E-state index contributed by atoms with van der Waals surface area (Å²) in [5, 5.41) is 3.10. The first kappa shape index (κ1) is 21.3. The molecule has 1 heterocycles. The molecule has 0 bridgehead atoms. The molecule has 0 aliphatic carbocycles. The number of benzene rings is 2. The topological polar surface area (TPSA) is 44.8 Å². The Labute approximate surface area is 174 Å². The molecular formula is C24H33N3O2. The molecule has 0 saturated carbocycles. The number of nitrogens with one attached hydrogen (secondary N) is 1. The van der Waals surface area contributed by atoms with Crippen molar-refractivity contribution in [2.75, 3.05) is 39.8 Å². The van der Waals surface area contributed by atoms with Crippen molar-refractivity contribution in [1.29, 1.82) is 0 Å². The van der Waals surface area contributed by atoms with Crippen LogP contribution >= 0.6 is 0 Å². The zero-order valence-corrected chi connectivity index (χ0v) is 17.7. The van der Waals surface area contributed by atoms with Crippen molar-refractivity contribution in [1.82, 2.24) is 15.1 Å². The van der Waals surface area contributed by atoms with E-state index < -0.39 is 0 Å². The van der Waals surface area contributed by atoms with E-state index in [1.807, 2.05) is 24.3 Å². The van der Waals surface area contributed by atoms with Gasteiger partial charge in [-0.15, -0.1) is 0 Å². The molecule has 156 valence electrons. The van der Waals surface area contributed by atoms with Gasteiger partial charge in [0.05, 0.1) is 7.11 Å². The molecule has 2 aromatic rings. The van der Waals surface area contributed by atoms with Gasteiger partial charge in [-0.05, 0) is 41.8 Å². The number of rotatable bonds is 9. The Hall–Kier alpha value is -2.37. The summed E-state index contributed by atoms with van der Waals surface area (Å²) in [6.07, 6.45) is 1.23. The highest BCUT2D eigenvalue weighted by Crippen LogP contribution is 2.15. The highest BCUT2D eigenvalue weighted by molar-refractivity contribution is 5.76. The van der Waals surface area contributed by atoms with Crippen LogP contribution in [0.3, 0.4) is 0 Å². The fraction of sp³-hybridized carbons (Fsp3) is 0.458. The van der Waals surface area contributed by atoms with Gasteiger partial charge in [-0.25, -0.2) is 0 Å². The Morgan fingerprint density at radius 2 is 1.62 bits per heavy atom. The molecule has 0 aromatic heterocycles. The summed E-state index contributed by atoms with van der Waals surface area (Å²) in [6, 6.07) is 16.4. The lowest BCUT2D eigenvalue weighted by Crippen LogP contribution is -2.45. The Morgan fingerprint density at radius 3 is 2.28 bits per heavy atom. The molecule has 29 heavy (non-hydrogen) atoms. The molecule has 5 heteroatoms. The SMILES string of the molecule is CCN1CCN(Cc2ccccc2CNC(=O)CCc2ccc(OC)cc2)CC1. The van der Waals surface area contributed by atoms with E-state index in [9.17, 15) is 4.79 Å². The molecule has 1 fully saturated rings. The van der Waals surface area contributed by atoms with E-state index in [4.69, 9.17) is 4.74 Å². The van der Waals surface area contributed by atoms with Crippen LogP contribution in [0.2, 0.25) is 0 Å². The highest BCUT2D eigenvalue weighted by Gasteiger charge is 2.16. The van der Waals surface area contributed by atoms with Gasteiger partial charge in [0.1, 0.15) is 5.75 Å². The number of likely N-dealkylation sites (N-methyl/N-ethyl adjacent to an activating group) is 1. The number of piperazine rings is 1. The maximum Gasteiger partial charge on any atom is 0.220 e. The fourth-order valence-electron chi connectivity index (χ4n) is 3.72. The molecule has 0 atom stereocenters. The number of carbonyl (C=O) groups excluding carboxylic acids is 1. The quantitative estimate of drug-likeness (QED) is 0.709. The molecule has 3 rings (SSSR count). The summed E-state index contributed by atoms with van der Waals surface area (Å²) in [5.41, 5.74) is 3.67. The Morgan fingerprint density at radius 1 is 0.966 bits per heavy atom. The first-order chi connectivity index (χ1) is 14.2. The smallest absolute Gasteiger partial charge is 0.220 e. The van der Waals surface area contributed by atoms with Crippen molar-refractivity contribution in [3.63, 3.8) is 0 Å². The summed E-state index contributed by atoms with van der Waals surface area (Å²) < 4.78 is 5.17. The fourth-order valence-corrected chi connectivity index (χ4v) is 3.72. The summed E-state index contributed by atoms with van der Waals surface area (Å²) in [5.74, 6) is 0.929. The van der Waals surface area contributed by atoms with E-state index in [1.54, 1.807) is 7.11 Å². The third-order valence-electron chi connectivity index (χ3n) is 5.70. The number of methoxy groups -OCH3 is 1. The lowest BCUT2D eigenvalue weighted by atomic mass is 10.1. The molecule has 2 aromatic carbocycles. The van der Waals surface area contributed by atoms with Crippen molar-refractivity contribution in [2.24, 2.45) is 0 Å². The maximum atomic E-state index is 12.3. The zero-order valence-electron chi connectivity index (χ0n) is 17.7. The molecular weight excluding hydrogens is 362 g/mol. The van der Waals surface area contributed by atoms with E-state index >= 15 is 0 Å². The molecule has 0 spiro atoms. The van der Waals surface area contributed by atoms with Crippen LogP contribution in [0.4, 0.5) is 0 Å². The average molecular weight is 396 g/mol. The second kappa shape index (κ2) is 11.0. The Kier molecular flexibility index (Phi) is 8.08. The van der Waals surface area contributed by atoms with Gasteiger partial charge in [0.25, 0.3) is 0 Å². The summed E-state index contributed by atoms with van der Waals surface area (Å²) in [7, 11) is 1.66. The van der Waals surface area contributed by atoms with E-state index in [0.29, 0.717) is 13.0 Å². The van der Waals surface area contributed by atoms with E-state index in [1.165, 1.54) is 11.1 Å². The Bertz CT molecular complexity index is 768. The number of ether oxygens (including phenoxy) is 1. The van der Waals surface area contributed by atoms with Gasteiger partial charge >= 0.3 is 0 Å². The van der Waals surface area contributed by atoms with Gasteiger partial charge in [-0.2, -0.15) is 0 Å². The van der Waals surface area contributed by atoms with Crippen molar-refractivity contribution < 1.29 is 9.53 Å². The number of carbonyl (C=O) groups is 1.